The molecule has 0 radical (unpaired) electrons. The molecule has 2 rings (SSSR count). The lowest BCUT2D eigenvalue weighted by Gasteiger charge is -2.26. The summed E-state index contributed by atoms with van der Waals surface area (Å²) in [5.41, 5.74) is 11.2. The average Bonchev–Trinajstić information content (AvgIpc) is 2.76. The summed E-state index contributed by atoms with van der Waals surface area (Å²) in [6.07, 6.45) is 0.151. The van der Waals surface area contributed by atoms with Crippen molar-refractivity contribution in [2.24, 2.45) is 11.0 Å². The molecular formula is C25H32N4O4. The van der Waals surface area contributed by atoms with Gasteiger partial charge in [0.15, 0.2) is 0 Å². The maximum Gasteiger partial charge on any atom is 0.407 e. The SMILES string of the molecule is CCOC(=O)[C@H](CN=[N+]=[N-])C[C@@H](Cc1ccc(-c2ccccc2)cc1)NC(=O)OC(C)(C)C. The van der Waals surface area contributed by atoms with E-state index in [1.807, 2.05) is 54.6 Å². The lowest BCUT2D eigenvalue weighted by molar-refractivity contribution is -0.148. The third-order valence-electron chi connectivity index (χ3n) is 4.82. The van der Waals surface area contributed by atoms with Crippen molar-refractivity contribution in [2.45, 2.75) is 52.2 Å². The predicted octanol–water partition coefficient (Wildman–Crippen LogP) is 5.67. The van der Waals surface area contributed by atoms with Gasteiger partial charge >= 0.3 is 12.1 Å². The number of carbonyl (C=O) groups excluding carboxylic acids is 2. The number of azide groups is 1. The first-order valence-electron chi connectivity index (χ1n) is 11.0. The maximum atomic E-state index is 12.5. The van der Waals surface area contributed by atoms with Crippen LogP contribution in [0, 0.1) is 5.92 Å². The van der Waals surface area contributed by atoms with Gasteiger partial charge in [0.25, 0.3) is 0 Å². The van der Waals surface area contributed by atoms with Crippen molar-refractivity contribution < 1.29 is 19.1 Å². The molecule has 2 aromatic rings. The zero-order valence-corrected chi connectivity index (χ0v) is 19.7. The number of amides is 1. The van der Waals surface area contributed by atoms with Crippen LogP contribution >= 0.6 is 0 Å². The van der Waals surface area contributed by atoms with E-state index in [0.29, 0.717) is 6.42 Å². The monoisotopic (exact) mass is 452 g/mol. The van der Waals surface area contributed by atoms with E-state index in [9.17, 15) is 9.59 Å². The number of hydrogen-bond donors (Lipinski definition) is 1. The van der Waals surface area contributed by atoms with Crippen molar-refractivity contribution in [3.05, 3.63) is 70.6 Å². The van der Waals surface area contributed by atoms with E-state index in [4.69, 9.17) is 15.0 Å². The molecule has 8 nitrogen and oxygen atoms in total. The van der Waals surface area contributed by atoms with Gasteiger partial charge in [-0.15, -0.1) is 0 Å². The first-order chi connectivity index (χ1) is 15.7. The van der Waals surface area contributed by atoms with Gasteiger partial charge in [0, 0.05) is 17.5 Å². The Hall–Kier alpha value is -3.51. The Morgan fingerprint density at radius 1 is 1.06 bits per heavy atom. The summed E-state index contributed by atoms with van der Waals surface area (Å²) >= 11 is 0. The third kappa shape index (κ3) is 9.25. The van der Waals surface area contributed by atoms with Gasteiger partial charge in [0.2, 0.25) is 0 Å². The Morgan fingerprint density at radius 3 is 2.27 bits per heavy atom. The number of esters is 1. The molecular weight excluding hydrogens is 420 g/mol. The van der Waals surface area contributed by atoms with Gasteiger partial charge in [0.05, 0.1) is 12.5 Å². The van der Waals surface area contributed by atoms with Crippen molar-refractivity contribution in [1.29, 1.82) is 0 Å². The van der Waals surface area contributed by atoms with Crippen LogP contribution in [0.15, 0.2) is 59.7 Å². The lowest BCUT2D eigenvalue weighted by Crippen LogP contribution is -2.42. The van der Waals surface area contributed by atoms with Crippen LogP contribution in [0.5, 0.6) is 0 Å². The summed E-state index contributed by atoms with van der Waals surface area (Å²) in [6.45, 7) is 7.24. The fraction of sp³-hybridized carbons (Fsp3) is 0.440. The van der Waals surface area contributed by atoms with Gasteiger partial charge in [-0.05, 0) is 62.8 Å². The first-order valence-corrected chi connectivity index (χ1v) is 11.0. The van der Waals surface area contributed by atoms with Crippen LogP contribution in [0.2, 0.25) is 0 Å². The lowest BCUT2D eigenvalue weighted by atomic mass is 9.94. The van der Waals surface area contributed by atoms with E-state index in [1.54, 1.807) is 27.7 Å². The normalized spacial score (nSPS) is 12.7. The van der Waals surface area contributed by atoms with Crippen molar-refractivity contribution in [1.82, 2.24) is 5.32 Å². The summed E-state index contributed by atoms with van der Waals surface area (Å²) in [5, 5.41) is 6.42. The largest absolute Gasteiger partial charge is 0.466 e. The molecule has 0 saturated heterocycles. The van der Waals surface area contributed by atoms with Crippen LogP contribution in [0.25, 0.3) is 21.6 Å². The number of hydrogen-bond acceptors (Lipinski definition) is 5. The molecule has 0 aromatic heterocycles. The molecule has 0 unspecified atom stereocenters. The smallest absolute Gasteiger partial charge is 0.407 e. The highest BCUT2D eigenvalue weighted by Gasteiger charge is 2.27. The highest BCUT2D eigenvalue weighted by atomic mass is 16.6. The number of carbonyl (C=O) groups is 2. The third-order valence-corrected chi connectivity index (χ3v) is 4.82. The topological polar surface area (TPSA) is 113 Å². The number of ether oxygens (including phenoxy) is 2. The minimum Gasteiger partial charge on any atom is -0.466 e. The van der Waals surface area contributed by atoms with Crippen LogP contribution in [0.3, 0.4) is 0 Å². The van der Waals surface area contributed by atoms with Gasteiger partial charge in [0.1, 0.15) is 5.60 Å². The number of rotatable bonds is 10. The van der Waals surface area contributed by atoms with Gasteiger partial charge in [-0.1, -0.05) is 59.7 Å². The molecule has 0 saturated carbocycles. The molecule has 0 heterocycles. The molecule has 0 aliphatic rings. The fourth-order valence-electron chi connectivity index (χ4n) is 3.40. The minimum atomic E-state index is -0.677. The number of nitrogens with one attached hydrogen (secondary N) is 1. The Labute approximate surface area is 194 Å². The molecule has 176 valence electrons. The van der Waals surface area contributed by atoms with E-state index in [0.717, 1.165) is 16.7 Å². The Kier molecular flexibility index (Phi) is 9.76. The molecule has 2 aromatic carbocycles. The van der Waals surface area contributed by atoms with E-state index >= 15 is 0 Å². The van der Waals surface area contributed by atoms with Crippen LogP contribution in [-0.4, -0.2) is 36.9 Å². The summed E-state index contributed by atoms with van der Waals surface area (Å²) in [4.78, 5) is 27.6. The fourth-order valence-corrected chi connectivity index (χ4v) is 3.40. The molecule has 1 N–H and O–H groups in total. The second kappa shape index (κ2) is 12.5. The Balaban J connectivity index is 2.20. The molecule has 8 heteroatoms. The predicted molar refractivity (Wildman–Crippen MR) is 127 cm³/mol. The van der Waals surface area contributed by atoms with Gasteiger partial charge in [-0.3, -0.25) is 4.79 Å². The number of benzene rings is 2. The van der Waals surface area contributed by atoms with Crippen LogP contribution in [-0.2, 0) is 20.7 Å². The van der Waals surface area contributed by atoms with E-state index in [1.165, 1.54) is 0 Å². The van der Waals surface area contributed by atoms with E-state index < -0.39 is 29.6 Å². The summed E-state index contributed by atoms with van der Waals surface area (Å²) < 4.78 is 10.5. The van der Waals surface area contributed by atoms with Crippen molar-refractivity contribution >= 4 is 12.1 Å². The van der Waals surface area contributed by atoms with E-state index in [2.05, 4.69) is 15.3 Å². The highest BCUT2D eigenvalue weighted by molar-refractivity contribution is 5.73. The van der Waals surface area contributed by atoms with Crippen molar-refractivity contribution in [3.8, 4) is 11.1 Å². The maximum absolute atomic E-state index is 12.5. The van der Waals surface area contributed by atoms with E-state index in [-0.39, 0.29) is 19.6 Å². The standard InChI is InChI=1S/C25H32N4O4/c1-5-32-23(30)21(17-27-29-26)16-22(28-24(31)33-25(2,3)4)15-18-11-13-20(14-12-18)19-9-7-6-8-10-19/h6-14,21-22H,5,15-17H2,1-4H3,(H,28,31)/t21-,22+/m0/s1. The van der Waals surface area contributed by atoms with Crippen LogP contribution < -0.4 is 5.32 Å². The summed E-state index contributed by atoms with van der Waals surface area (Å²) in [6, 6.07) is 17.7. The van der Waals surface area contributed by atoms with Crippen molar-refractivity contribution in [3.63, 3.8) is 0 Å². The van der Waals surface area contributed by atoms with Crippen LogP contribution in [0.1, 0.15) is 39.7 Å². The Bertz CT molecular complexity index is 949. The highest BCUT2D eigenvalue weighted by Crippen LogP contribution is 2.21. The minimum absolute atomic E-state index is 0.0468. The number of alkyl carbamates (subject to hydrolysis) is 1. The van der Waals surface area contributed by atoms with Gasteiger partial charge in [-0.25, -0.2) is 4.79 Å². The molecule has 0 spiro atoms. The average molecular weight is 453 g/mol. The first kappa shape index (κ1) is 25.7. The Morgan fingerprint density at radius 2 is 1.70 bits per heavy atom. The second-order valence-corrected chi connectivity index (χ2v) is 8.71. The van der Waals surface area contributed by atoms with Gasteiger partial charge in [-0.2, -0.15) is 0 Å². The molecule has 1 amide bonds. The molecule has 2 atom stereocenters. The van der Waals surface area contributed by atoms with Crippen LogP contribution in [0.4, 0.5) is 4.79 Å². The molecule has 0 aliphatic heterocycles. The number of nitrogens with zero attached hydrogens (tertiary/aromatic N) is 3. The molecule has 0 fully saturated rings. The zero-order chi connectivity index (χ0) is 24.3. The quantitative estimate of drug-likeness (QED) is 0.216. The second-order valence-electron chi connectivity index (χ2n) is 8.71. The molecule has 0 aliphatic carbocycles. The van der Waals surface area contributed by atoms with Gasteiger partial charge < -0.3 is 14.8 Å². The summed E-state index contributed by atoms with van der Waals surface area (Å²) in [7, 11) is 0. The zero-order valence-electron chi connectivity index (χ0n) is 19.7. The molecule has 33 heavy (non-hydrogen) atoms. The van der Waals surface area contributed by atoms with Crippen molar-refractivity contribution in [2.75, 3.05) is 13.2 Å². The summed E-state index contributed by atoms with van der Waals surface area (Å²) in [5.74, 6) is -1.13. The molecule has 0 bridgehead atoms.